The van der Waals surface area contributed by atoms with Crippen molar-refractivity contribution in [3.05, 3.63) is 27.5 Å². The van der Waals surface area contributed by atoms with Gasteiger partial charge in [-0.05, 0) is 60.8 Å². The summed E-state index contributed by atoms with van der Waals surface area (Å²) in [5, 5.41) is 0.0644. The van der Waals surface area contributed by atoms with Gasteiger partial charge in [0.2, 0.25) is 5.28 Å². The Kier molecular flexibility index (Phi) is 5.69. The molecule has 1 aromatic heterocycles. The van der Waals surface area contributed by atoms with Gasteiger partial charge in [0.15, 0.2) is 5.82 Å². The molecular formula is C18H20BrClF2N4O2. The molecule has 1 aromatic carbocycles. The predicted octanol–water partition coefficient (Wildman–Crippen LogP) is 4.77. The van der Waals surface area contributed by atoms with Gasteiger partial charge in [-0.1, -0.05) is 0 Å². The minimum Gasteiger partial charge on any atom is -0.444 e. The summed E-state index contributed by atoms with van der Waals surface area (Å²) in [6.07, 6.45) is 0.260. The van der Waals surface area contributed by atoms with E-state index in [-0.39, 0.29) is 26.7 Å². The van der Waals surface area contributed by atoms with Crippen LogP contribution in [0.25, 0.3) is 10.9 Å². The number of nitrogens with zero attached hydrogens (tertiary/aromatic N) is 4. The number of halogens is 4. The van der Waals surface area contributed by atoms with Crippen LogP contribution < -0.4 is 4.90 Å². The largest absolute Gasteiger partial charge is 0.444 e. The van der Waals surface area contributed by atoms with Crippen LogP contribution in [0.4, 0.5) is 19.4 Å². The van der Waals surface area contributed by atoms with Crippen LogP contribution in [0, 0.1) is 11.6 Å². The average Bonchev–Trinajstić information content (AvgIpc) is 3.08. The van der Waals surface area contributed by atoms with E-state index in [1.54, 1.807) is 37.6 Å². The molecule has 2 heterocycles. The van der Waals surface area contributed by atoms with Crippen LogP contribution in [-0.2, 0) is 4.74 Å². The van der Waals surface area contributed by atoms with Crippen LogP contribution in [0.15, 0.2) is 10.5 Å². The van der Waals surface area contributed by atoms with Crippen molar-refractivity contribution in [3.8, 4) is 0 Å². The van der Waals surface area contributed by atoms with Crippen molar-refractivity contribution in [2.45, 2.75) is 38.8 Å². The van der Waals surface area contributed by atoms with Crippen LogP contribution in [0.5, 0.6) is 0 Å². The lowest BCUT2D eigenvalue weighted by Crippen LogP contribution is -2.39. The first-order chi connectivity index (χ1) is 13.0. The highest BCUT2D eigenvalue weighted by Crippen LogP contribution is 2.34. The van der Waals surface area contributed by atoms with E-state index in [0.717, 1.165) is 0 Å². The number of rotatable bonds is 2. The van der Waals surface area contributed by atoms with Crippen molar-refractivity contribution in [3.63, 3.8) is 0 Å². The standard InChI is InChI=1S/C18H20BrClF2N4O2/c1-18(2,3)28-17(27)26-6-5-9(8-26)25(4)15-10-7-11(21)12(19)13(22)14(10)23-16(20)24-15/h7,9H,5-6,8H2,1-4H3/t9-/m0/s1. The molecule has 2 aromatic rings. The van der Waals surface area contributed by atoms with Gasteiger partial charge in [-0.25, -0.2) is 18.6 Å². The zero-order chi connectivity index (χ0) is 20.8. The number of anilines is 1. The normalized spacial score (nSPS) is 17.3. The van der Waals surface area contributed by atoms with Crippen molar-refractivity contribution < 1.29 is 18.3 Å². The highest BCUT2D eigenvalue weighted by molar-refractivity contribution is 9.10. The Balaban J connectivity index is 1.90. The summed E-state index contributed by atoms with van der Waals surface area (Å²) in [5.41, 5.74) is -0.656. The number of likely N-dealkylation sites (tertiary alicyclic amines) is 1. The topological polar surface area (TPSA) is 58.6 Å². The second-order valence-electron chi connectivity index (χ2n) is 7.68. The third-order valence-electron chi connectivity index (χ3n) is 4.48. The first kappa shape index (κ1) is 21.0. The van der Waals surface area contributed by atoms with Gasteiger partial charge < -0.3 is 14.5 Å². The summed E-state index contributed by atoms with van der Waals surface area (Å²) in [5.74, 6) is -1.29. The van der Waals surface area contributed by atoms with Crippen LogP contribution in [0.3, 0.4) is 0 Å². The molecule has 1 fully saturated rings. The molecule has 6 nitrogen and oxygen atoms in total. The number of carbonyl (C=O) groups excluding carboxylic acids is 1. The fourth-order valence-electron chi connectivity index (χ4n) is 3.12. The number of amides is 1. The van der Waals surface area contributed by atoms with Gasteiger partial charge in [0, 0.05) is 31.6 Å². The molecule has 0 saturated carbocycles. The zero-order valence-electron chi connectivity index (χ0n) is 15.9. The Bertz CT molecular complexity index is 938. The Morgan fingerprint density at radius 3 is 2.71 bits per heavy atom. The maximum atomic E-state index is 14.5. The molecule has 1 atom stereocenters. The van der Waals surface area contributed by atoms with Crippen molar-refractivity contribution in [1.82, 2.24) is 14.9 Å². The van der Waals surface area contributed by atoms with Gasteiger partial charge in [0.05, 0.1) is 4.47 Å². The quantitative estimate of drug-likeness (QED) is 0.461. The Morgan fingerprint density at radius 1 is 1.39 bits per heavy atom. The smallest absolute Gasteiger partial charge is 0.410 e. The lowest BCUT2D eigenvalue weighted by molar-refractivity contribution is 0.0292. The number of carbonyl (C=O) groups is 1. The molecule has 10 heteroatoms. The minimum atomic E-state index is -0.837. The summed E-state index contributed by atoms with van der Waals surface area (Å²) in [6.45, 7) is 6.33. The molecule has 1 aliphatic rings. The number of ether oxygens (including phenoxy) is 1. The fraction of sp³-hybridized carbons (Fsp3) is 0.500. The Morgan fingerprint density at radius 2 is 2.07 bits per heavy atom. The van der Waals surface area contributed by atoms with E-state index < -0.39 is 23.3 Å². The molecule has 0 radical (unpaired) electrons. The average molecular weight is 478 g/mol. The van der Waals surface area contributed by atoms with E-state index in [1.165, 1.54) is 6.07 Å². The summed E-state index contributed by atoms with van der Waals surface area (Å²) in [7, 11) is 1.75. The predicted molar refractivity (Wildman–Crippen MR) is 107 cm³/mol. The van der Waals surface area contributed by atoms with E-state index in [1.807, 2.05) is 0 Å². The van der Waals surface area contributed by atoms with Gasteiger partial charge in [0.1, 0.15) is 22.8 Å². The highest BCUT2D eigenvalue weighted by Gasteiger charge is 2.33. The Hall–Kier alpha value is -1.74. The van der Waals surface area contributed by atoms with Gasteiger partial charge in [-0.2, -0.15) is 4.98 Å². The molecule has 0 bridgehead atoms. The minimum absolute atomic E-state index is 0.0721. The van der Waals surface area contributed by atoms with Crippen molar-refractivity contribution in [1.29, 1.82) is 0 Å². The molecule has 152 valence electrons. The molecule has 3 rings (SSSR count). The van der Waals surface area contributed by atoms with Crippen molar-refractivity contribution in [2.24, 2.45) is 0 Å². The lowest BCUT2D eigenvalue weighted by Gasteiger charge is -2.28. The third-order valence-corrected chi connectivity index (χ3v) is 5.37. The molecule has 28 heavy (non-hydrogen) atoms. The van der Waals surface area contributed by atoms with Crippen molar-refractivity contribution in [2.75, 3.05) is 25.0 Å². The summed E-state index contributed by atoms with van der Waals surface area (Å²) in [6, 6.07) is 1.06. The van der Waals surface area contributed by atoms with E-state index in [4.69, 9.17) is 16.3 Å². The monoisotopic (exact) mass is 476 g/mol. The summed E-state index contributed by atoms with van der Waals surface area (Å²) in [4.78, 5) is 23.8. The van der Waals surface area contributed by atoms with Gasteiger partial charge in [-0.15, -0.1) is 0 Å². The number of hydrogen-bond donors (Lipinski definition) is 0. The third kappa shape index (κ3) is 4.15. The second-order valence-corrected chi connectivity index (χ2v) is 8.81. The van der Waals surface area contributed by atoms with E-state index >= 15 is 0 Å². The van der Waals surface area contributed by atoms with E-state index in [0.29, 0.717) is 25.3 Å². The van der Waals surface area contributed by atoms with Gasteiger partial charge in [0.25, 0.3) is 0 Å². The molecule has 1 aliphatic heterocycles. The SMILES string of the molecule is CN(c1nc(Cl)nc2c(F)c(Br)c(F)cc12)[C@H]1CCN(C(=O)OC(C)(C)C)C1. The highest BCUT2D eigenvalue weighted by atomic mass is 79.9. The fourth-order valence-corrected chi connectivity index (χ4v) is 3.59. The lowest BCUT2D eigenvalue weighted by atomic mass is 10.1. The number of benzene rings is 1. The first-order valence-electron chi connectivity index (χ1n) is 8.69. The van der Waals surface area contributed by atoms with Gasteiger partial charge >= 0.3 is 6.09 Å². The van der Waals surface area contributed by atoms with Gasteiger partial charge in [-0.3, -0.25) is 0 Å². The molecule has 1 saturated heterocycles. The molecule has 0 unspecified atom stereocenters. The maximum Gasteiger partial charge on any atom is 0.410 e. The van der Waals surface area contributed by atoms with Crippen LogP contribution >= 0.6 is 27.5 Å². The Labute approximate surface area is 174 Å². The zero-order valence-corrected chi connectivity index (χ0v) is 18.2. The van der Waals surface area contributed by atoms with E-state index in [9.17, 15) is 13.6 Å². The molecule has 0 N–H and O–H groups in total. The molecule has 0 aliphatic carbocycles. The number of likely N-dealkylation sites (N-methyl/N-ethyl adjacent to an activating group) is 1. The number of aromatic nitrogens is 2. The number of fused-ring (bicyclic) bond motifs is 1. The summed E-state index contributed by atoms with van der Waals surface area (Å²) >= 11 is 8.86. The molecule has 1 amide bonds. The second kappa shape index (κ2) is 7.59. The van der Waals surface area contributed by atoms with Crippen LogP contribution in [-0.4, -0.2) is 52.7 Å². The maximum absolute atomic E-state index is 14.5. The van der Waals surface area contributed by atoms with Crippen LogP contribution in [0.2, 0.25) is 5.28 Å². The van der Waals surface area contributed by atoms with Crippen LogP contribution in [0.1, 0.15) is 27.2 Å². The summed E-state index contributed by atoms with van der Waals surface area (Å²) < 4.78 is 33.7. The molecular weight excluding hydrogens is 458 g/mol. The van der Waals surface area contributed by atoms with E-state index in [2.05, 4.69) is 25.9 Å². The molecule has 0 spiro atoms. The first-order valence-corrected chi connectivity index (χ1v) is 9.86. The number of hydrogen-bond acceptors (Lipinski definition) is 5. The van der Waals surface area contributed by atoms with Crippen molar-refractivity contribution >= 4 is 50.3 Å².